The molecule has 0 bridgehead atoms. The first kappa shape index (κ1) is 23.0. The molecular formula is C25H26N2O5S. The molecule has 0 spiro atoms. The van der Waals surface area contributed by atoms with Gasteiger partial charge in [0.05, 0.1) is 17.2 Å². The van der Waals surface area contributed by atoms with Crippen LogP contribution in [0.5, 0.6) is 0 Å². The van der Waals surface area contributed by atoms with E-state index in [0.717, 1.165) is 0 Å². The fourth-order valence-corrected chi connectivity index (χ4v) is 5.23. The van der Waals surface area contributed by atoms with Gasteiger partial charge in [-0.15, -0.1) is 0 Å². The third-order valence-corrected chi connectivity index (χ3v) is 6.96. The summed E-state index contributed by atoms with van der Waals surface area (Å²) in [5, 5.41) is 2.97. The van der Waals surface area contributed by atoms with E-state index in [0.29, 0.717) is 54.0 Å². The van der Waals surface area contributed by atoms with E-state index >= 15 is 0 Å². The summed E-state index contributed by atoms with van der Waals surface area (Å²) in [6.45, 7) is 0.342. The number of carbonyl (C=O) groups excluding carboxylic acids is 4. The molecule has 0 aliphatic carbocycles. The third kappa shape index (κ3) is 5.45. The highest BCUT2D eigenvalue weighted by Gasteiger charge is 2.35. The molecule has 2 atom stereocenters. The second-order valence-electron chi connectivity index (χ2n) is 8.13. The number of esters is 1. The van der Waals surface area contributed by atoms with Crippen LogP contribution in [0.3, 0.4) is 0 Å². The van der Waals surface area contributed by atoms with Gasteiger partial charge in [0.1, 0.15) is 6.10 Å². The second-order valence-corrected chi connectivity index (χ2v) is 9.20. The zero-order valence-electron chi connectivity index (χ0n) is 18.2. The Kier molecular flexibility index (Phi) is 7.44. The predicted molar refractivity (Wildman–Crippen MR) is 125 cm³/mol. The first-order valence-corrected chi connectivity index (χ1v) is 12.3. The van der Waals surface area contributed by atoms with Crippen molar-refractivity contribution < 1.29 is 23.9 Å². The number of nitrogens with zero attached hydrogens (tertiary/aromatic N) is 1. The maximum absolute atomic E-state index is 12.4. The molecule has 2 aliphatic heterocycles. The van der Waals surface area contributed by atoms with Crippen LogP contribution in [0.2, 0.25) is 0 Å². The van der Waals surface area contributed by atoms with Crippen LogP contribution in [-0.4, -0.2) is 58.8 Å². The molecule has 7 nitrogen and oxygen atoms in total. The summed E-state index contributed by atoms with van der Waals surface area (Å²) in [7, 11) is 0. The molecule has 2 aliphatic rings. The first-order valence-electron chi connectivity index (χ1n) is 11.1. The lowest BCUT2D eigenvalue weighted by atomic mass is 10.1. The van der Waals surface area contributed by atoms with Gasteiger partial charge in [0.15, 0.2) is 0 Å². The number of carbonyl (C=O) groups is 4. The molecule has 3 amide bonds. The fraction of sp³-hybridized carbons (Fsp3) is 0.360. The Morgan fingerprint density at radius 3 is 2.27 bits per heavy atom. The highest BCUT2D eigenvalue weighted by molar-refractivity contribution is 7.99. The zero-order valence-corrected chi connectivity index (χ0v) is 19.0. The Morgan fingerprint density at radius 1 is 0.909 bits per heavy atom. The van der Waals surface area contributed by atoms with E-state index in [1.165, 1.54) is 4.90 Å². The van der Waals surface area contributed by atoms with Gasteiger partial charge in [-0.25, -0.2) is 0 Å². The molecule has 2 aromatic carbocycles. The number of nitrogens with one attached hydrogen (secondary N) is 1. The molecule has 1 fully saturated rings. The van der Waals surface area contributed by atoms with Gasteiger partial charge in [-0.3, -0.25) is 24.1 Å². The maximum atomic E-state index is 12.4. The van der Waals surface area contributed by atoms with Gasteiger partial charge in [-0.2, -0.15) is 11.8 Å². The van der Waals surface area contributed by atoms with E-state index < -0.39 is 0 Å². The van der Waals surface area contributed by atoms with Gasteiger partial charge in [0, 0.05) is 30.0 Å². The molecule has 0 saturated carbocycles. The number of thioether (sulfide) groups is 1. The predicted octanol–water partition coefficient (Wildman–Crippen LogP) is 3.30. The molecule has 1 N–H and O–H groups in total. The Bertz CT molecular complexity index is 1010. The van der Waals surface area contributed by atoms with Crippen LogP contribution in [0.4, 0.5) is 0 Å². The van der Waals surface area contributed by atoms with Crippen molar-refractivity contribution in [2.45, 2.75) is 37.8 Å². The quantitative estimate of drug-likeness (QED) is 0.346. The molecule has 8 heteroatoms. The number of hydrogen-bond donors (Lipinski definition) is 1. The number of imide groups is 1. The van der Waals surface area contributed by atoms with E-state index in [4.69, 9.17) is 4.74 Å². The van der Waals surface area contributed by atoms with Crippen molar-refractivity contribution >= 4 is 35.5 Å². The number of benzene rings is 2. The van der Waals surface area contributed by atoms with Crippen molar-refractivity contribution in [2.75, 3.05) is 18.1 Å². The average Bonchev–Trinajstić information content (AvgIpc) is 3.36. The van der Waals surface area contributed by atoms with Gasteiger partial charge in [-0.1, -0.05) is 36.8 Å². The van der Waals surface area contributed by atoms with Crippen LogP contribution in [0.15, 0.2) is 54.6 Å². The summed E-state index contributed by atoms with van der Waals surface area (Å²) in [6, 6.07) is 15.6. The van der Waals surface area contributed by atoms with E-state index in [1.54, 1.807) is 48.2 Å². The lowest BCUT2D eigenvalue weighted by Crippen LogP contribution is -2.44. The largest absolute Gasteiger partial charge is 0.459 e. The van der Waals surface area contributed by atoms with Crippen LogP contribution in [-0.2, 0) is 9.53 Å². The van der Waals surface area contributed by atoms with Crippen molar-refractivity contribution in [1.29, 1.82) is 0 Å². The highest BCUT2D eigenvalue weighted by Crippen LogP contribution is 2.24. The molecule has 1 saturated heterocycles. The van der Waals surface area contributed by atoms with Crippen molar-refractivity contribution in [1.82, 2.24) is 10.2 Å². The SMILES string of the molecule is O=C(CCCCCN1C(=O)c2ccccc2C1=O)O[C@@H]1CSC[C@@H]1NC(=O)c1ccccc1. The molecule has 0 aromatic heterocycles. The van der Waals surface area contributed by atoms with Gasteiger partial charge < -0.3 is 10.1 Å². The Hall–Kier alpha value is -3.13. The summed E-state index contributed by atoms with van der Waals surface area (Å²) in [4.78, 5) is 50.7. The van der Waals surface area contributed by atoms with Gasteiger partial charge >= 0.3 is 5.97 Å². The summed E-state index contributed by atoms with van der Waals surface area (Å²) in [6.07, 6.45) is 1.88. The highest BCUT2D eigenvalue weighted by atomic mass is 32.2. The Labute approximate surface area is 196 Å². The van der Waals surface area contributed by atoms with E-state index in [-0.39, 0.29) is 42.3 Å². The number of unbranched alkanes of at least 4 members (excludes halogenated alkanes) is 2. The normalized spacial score (nSPS) is 19.5. The minimum Gasteiger partial charge on any atom is -0.459 e. The average molecular weight is 467 g/mol. The van der Waals surface area contributed by atoms with Gasteiger partial charge in [0.25, 0.3) is 17.7 Å². The third-order valence-electron chi connectivity index (χ3n) is 5.80. The molecule has 172 valence electrons. The van der Waals surface area contributed by atoms with Crippen molar-refractivity contribution in [3.63, 3.8) is 0 Å². The molecule has 0 unspecified atom stereocenters. The van der Waals surface area contributed by atoms with Crippen LogP contribution >= 0.6 is 11.8 Å². The van der Waals surface area contributed by atoms with Gasteiger partial charge in [-0.05, 0) is 37.1 Å². The Morgan fingerprint density at radius 2 is 1.58 bits per heavy atom. The van der Waals surface area contributed by atoms with Crippen LogP contribution in [0.25, 0.3) is 0 Å². The van der Waals surface area contributed by atoms with E-state index in [9.17, 15) is 19.2 Å². The minimum absolute atomic E-state index is 0.169. The smallest absolute Gasteiger partial charge is 0.306 e. The fourth-order valence-electron chi connectivity index (χ4n) is 4.01. The molecule has 2 aromatic rings. The standard InChI is InChI=1S/C25H26N2O5S/c28-22(32-21-16-33-15-20(21)26-23(29)17-9-3-1-4-10-17)13-5-2-8-14-27-24(30)18-11-6-7-12-19(18)25(27)31/h1,3-4,6-7,9-12,20-21H,2,5,8,13-16H2,(H,26,29)/t20-,21+/m0/s1. The molecular weight excluding hydrogens is 440 g/mol. The number of fused-ring (bicyclic) bond motifs is 1. The zero-order chi connectivity index (χ0) is 23.2. The Balaban J connectivity index is 1.16. The molecule has 2 heterocycles. The molecule has 4 rings (SSSR count). The summed E-state index contributed by atoms with van der Waals surface area (Å²) in [5.41, 5.74) is 1.49. The summed E-state index contributed by atoms with van der Waals surface area (Å²) < 4.78 is 5.62. The monoisotopic (exact) mass is 466 g/mol. The van der Waals surface area contributed by atoms with Gasteiger partial charge in [0.2, 0.25) is 0 Å². The van der Waals surface area contributed by atoms with E-state index in [2.05, 4.69) is 5.32 Å². The topological polar surface area (TPSA) is 92.8 Å². The molecule has 33 heavy (non-hydrogen) atoms. The van der Waals surface area contributed by atoms with Crippen molar-refractivity contribution in [3.05, 3.63) is 71.3 Å². The number of hydrogen-bond acceptors (Lipinski definition) is 6. The number of ether oxygens (including phenoxy) is 1. The van der Waals surface area contributed by atoms with Crippen molar-refractivity contribution in [2.24, 2.45) is 0 Å². The minimum atomic E-state index is -0.339. The second kappa shape index (κ2) is 10.7. The van der Waals surface area contributed by atoms with Crippen molar-refractivity contribution in [3.8, 4) is 0 Å². The number of rotatable bonds is 9. The summed E-state index contributed by atoms with van der Waals surface area (Å²) >= 11 is 1.65. The maximum Gasteiger partial charge on any atom is 0.306 e. The summed E-state index contributed by atoms with van der Waals surface area (Å²) in [5.74, 6) is 0.399. The van der Waals surface area contributed by atoms with E-state index in [1.807, 2.05) is 18.2 Å². The van der Waals surface area contributed by atoms with Crippen LogP contribution in [0, 0.1) is 0 Å². The lowest BCUT2D eigenvalue weighted by molar-refractivity contribution is -0.148. The first-order chi connectivity index (χ1) is 16.0. The van der Waals surface area contributed by atoms with Crippen LogP contribution < -0.4 is 5.32 Å². The lowest BCUT2D eigenvalue weighted by Gasteiger charge is -2.20. The number of amides is 3. The van der Waals surface area contributed by atoms with Crippen LogP contribution in [0.1, 0.15) is 56.8 Å². The molecule has 0 radical (unpaired) electrons.